The highest BCUT2D eigenvalue weighted by Gasteiger charge is 2.40. The first-order valence-corrected chi connectivity index (χ1v) is 11.8. The minimum Gasteiger partial charge on any atom is -0.482 e. The molecule has 0 radical (unpaired) electrons. The van der Waals surface area contributed by atoms with Crippen LogP contribution in [0.2, 0.25) is 5.02 Å². The molecule has 2 aromatic carbocycles. The molecule has 0 spiro atoms. The van der Waals surface area contributed by atoms with E-state index in [1.54, 1.807) is 0 Å². The van der Waals surface area contributed by atoms with Gasteiger partial charge in [0.2, 0.25) is 10.0 Å². The standard InChI is InChI=1S/C21H18ClF6NO5S/c1-29(17-4-2-3-15-16(17)8-13(22)9-18(15)34-10-19(30)31)35(32,33)14-6-11(20(23,24)25)5-12(7-14)21(26,27)28/h5-9,17H,2-4,10H2,1H3,(H,30,31). The zero-order valence-electron chi connectivity index (χ0n) is 17.9. The number of nitrogens with zero attached hydrogens (tertiary/aromatic N) is 1. The molecule has 2 aromatic rings. The number of carboxylic acids is 1. The number of hydrogen-bond donors (Lipinski definition) is 1. The summed E-state index contributed by atoms with van der Waals surface area (Å²) in [5.74, 6) is -1.17. The van der Waals surface area contributed by atoms with E-state index in [0.717, 1.165) is 7.05 Å². The van der Waals surface area contributed by atoms with Gasteiger partial charge in [-0.15, -0.1) is 0 Å². The molecule has 1 aliphatic carbocycles. The van der Waals surface area contributed by atoms with Gasteiger partial charge in [-0.2, -0.15) is 30.6 Å². The van der Waals surface area contributed by atoms with Gasteiger partial charge in [0.05, 0.1) is 22.1 Å². The molecule has 1 aliphatic rings. The summed E-state index contributed by atoms with van der Waals surface area (Å²) in [6.07, 6.45) is -9.49. The quantitative estimate of drug-likeness (QED) is 0.482. The van der Waals surface area contributed by atoms with Gasteiger partial charge in [-0.25, -0.2) is 13.2 Å². The third-order valence-electron chi connectivity index (χ3n) is 5.50. The largest absolute Gasteiger partial charge is 0.482 e. The molecule has 0 bridgehead atoms. The van der Waals surface area contributed by atoms with Gasteiger partial charge < -0.3 is 9.84 Å². The monoisotopic (exact) mass is 545 g/mol. The molecule has 192 valence electrons. The summed E-state index contributed by atoms with van der Waals surface area (Å²) >= 11 is 6.09. The smallest absolute Gasteiger partial charge is 0.416 e. The number of halogens is 7. The number of hydrogen-bond acceptors (Lipinski definition) is 4. The Morgan fingerprint density at radius 2 is 1.66 bits per heavy atom. The number of fused-ring (bicyclic) bond motifs is 1. The van der Waals surface area contributed by atoms with Crippen LogP contribution in [0.4, 0.5) is 26.3 Å². The minimum absolute atomic E-state index is 0.0836. The molecule has 0 heterocycles. The molecule has 14 heteroatoms. The number of alkyl halides is 6. The third kappa shape index (κ3) is 5.84. The van der Waals surface area contributed by atoms with Crippen molar-refractivity contribution in [2.45, 2.75) is 42.6 Å². The van der Waals surface area contributed by atoms with Crippen LogP contribution in [0.3, 0.4) is 0 Å². The van der Waals surface area contributed by atoms with Crippen LogP contribution >= 0.6 is 11.6 Å². The van der Waals surface area contributed by atoms with E-state index in [4.69, 9.17) is 21.4 Å². The van der Waals surface area contributed by atoms with Crippen molar-refractivity contribution >= 4 is 27.6 Å². The third-order valence-corrected chi connectivity index (χ3v) is 7.56. The Labute approximate surface area is 201 Å². The number of ether oxygens (including phenoxy) is 1. The van der Waals surface area contributed by atoms with Gasteiger partial charge in [-0.05, 0) is 60.7 Å². The summed E-state index contributed by atoms with van der Waals surface area (Å²) in [7, 11) is -3.80. The summed E-state index contributed by atoms with van der Waals surface area (Å²) in [5, 5.41) is 8.96. The maximum atomic E-state index is 13.2. The van der Waals surface area contributed by atoms with E-state index in [0.29, 0.717) is 28.3 Å². The van der Waals surface area contributed by atoms with Gasteiger partial charge in [-0.1, -0.05) is 11.6 Å². The van der Waals surface area contributed by atoms with Crippen LogP contribution in [0.25, 0.3) is 0 Å². The highest BCUT2D eigenvalue weighted by Crippen LogP contribution is 2.43. The molecule has 3 rings (SSSR count). The van der Waals surface area contributed by atoms with Crippen molar-refractivity contribution in [3.63, 3.8) is 0 Å². The van der Waals surface area contributed by atoms with Crippen molar-refractivity contribution < 1.29 is 49.4 Å². The summed E-state index contributed by atoms with van der Waals surface area (Å²) < 4.78 is 112. The van der Waals surface area contributed by atoms with Gasteiger partial charge in [0.1, 0.15) is 5.75 Å². The second-order valence-electron chi connectivity index (χ2n) is 7.82. The van der Waals surface area contributed by atoms with Crippen LogP contribution in [-0.4, -0.2) is 37.5 Å². The maximum absolute atomic E-state index is 13.2. The molecule has 0 aliphatic heterocycles. The molecule has 1 N–H and O–H groups in total. The zero-order valence-corrected chi connectivity index (χ0v) is 19.4. The van der Waals surface area contributed by atoms with E-state index in [1.165, 1.54) is 12.1 Å². The number of sulfonamides is 1. The van der Waals surface area contributed by atoms with Crippen LogP contribution in [-0.2, 0) is 33.6 Å². The molecule has 35 heavy (non-hydrogen) atoms. The Balaban J connectivity index is 2.09. The lowest BCUT2D eigenvalue weighted by atomic mass is 9.87. The van der Waals surface area contributed by atoms with Crippen molar-refractivity contribution in [3.05, 3.63) is 57.6 Å². The normalized spacial score (nSPS) is 16.8. The van der Waals surface area contributed by atoms with Crippen molar-refractivity contribution in [1.82, 2.24) is 4.31 Å². The fraction of sp³-hybridized carbons (Fsp3) is 0.381. The first-order valence-electron chi connectivity index (χ1n) is 9.96. The Kier molecular flexibility index (Phi) is 7.36. The SMILES string of the molecule is CN(C1CCCc2c(OCC(=O)O)cc(Cl)cc21)S(=O)(=O)c1cc(C(F)(F)F)cc(C(F)(F)F)c1. The Morgan fingerprint density at radius 3 is 2.17 bits per heavy atom. The zero-order chi connectivity index (χ0) is 26.3. The van der Waals surface area contributed by atoms with Crippen LogP contribution in [0, 0.1) is 0 Å². The molecular formula is C21H18ClF6NO5S. The summed E-state index contributed by atoms with van der Waals surface area (Å²) in [5.41, 5.74) is -2.74. The number of carbonyl (C=O) groups is 1. The Bertz CT molecular complexity index is 1210. The number of aliphatic carboxylic acids is 1. The highest BCUT2D eigenvalue weighted by atomic mass is 35.5. The lowest BCUT2D eigenvalue weighted by molar-refractivity contribution is -0.143. The van der Waals surface area contributed by atoms with Crippen LogP contribution in [0.15, 0.2) is 35.2 Å². The molecule has 6 nitrogen and oxygen atoms in total. The topological polar surface area (TPSA) is 83.9 Å². The summed E-state index contributed by atoms with van der Waals surface area (Å²) in [4.78, 5) is 9.71. The average molecular weight is 546 g/mol. The predicted molar refractivity (Wildman–Crippen MR) is 112 cm³/mol. The molecule has 0 saturated heterocycles. The lowest BCUT2D eigenvalue weighted by Gasteiger charge is -2.33. The minimum atomic E-state index is -5.22. The van der Waals surface area contributed by atoms with E-state index >= 15 is 0 Å². The van der Waals surface area contributed by atoms with Crippen LogP contribution in [0.5, 0.6) is 5.75 Å². The van der Waals surface area contributed by atoms with Gasteiger partial charge in [0.25, 0.3) is 0 Å². The number of carboxylic acid groups (broad SMARTS) is 1. The first-order chi connectivity index (χ1) is 16.0. The van der Waals surface area contributed by atoms with Crippen molar-refractivity contribution in [2.75, 3.05) is 13.7 Å². The second-order valence-corrected chi connectivity index (χ2v) is 10.3. The van der Waals surface area contributed by atoms with Crippen molar-refractivity contribution in [2.24, 2.45) is 0 Å². The Morgan fingerprint density at radius 1 is 1.09 bits per heavy atom. The Hall–Kier alpha value is -2.51. The number of rotatable bonds is 6. The average Bonchev–Trinajstić information content (AvgIpc) is 2.74. The molecule has 0 fully saturated rings. The van der Waals surface area contributed by atoms with Gasteiger partial charge in [0.15, 0.2) is 6.61 Å². The molecule has 1 unspecified atom stereocenters. The number of benzene rings is 2. The van der Waals surface area contributed by atoms with E-state index in [2.05, 4.69) is 0 Å². The van der Waals surface area contributed by atoms with Crippen LogP contribution < -0.4 is 4.74 Å². The molecule has 0 amide bonds. The van der Waals surface area contributed by atoms with E-state index in [-0.39, 0.29) is 35.4 Å². The summed E-state index contributed by atoms with van der Waals surface area (Å²) in [6, 6.07) is 1.92. The van der Waals surface area contributed by atoms with Crippen LogP contribution in [0.1, 0.15) is 41.1 Å². The summed E-state index contributed by atoms with van der Waals surface area (Å²) in [6.45, 7) is -0.698. The molecule has 1 atom stereocenters. The molecular weight excluding hydrogens is 528 g/mol. The van der Waals surface area contributed by atoms with E-state index in [1.807, 2.05) is 0 Å². The highest BCUT2D eigenvalue weighted by molar-refractivity contribution is 7.89. The molecule has 0 saturated carbocycles. The van der Waals surface area contributed by atoms with Gasteiger partial charge >= 0.3 is 18.3 Å². The van der Waals surface area contributed by atoms with Crippen molar-refractivity contribution in [1.29, 1.82) is 0 Å². The van der Waals surface area contributed by atoms with Crippen molar-refractivity contribution in [3.8, 4) is 5.75 Å². The van der Waals surface area contributed by atoms with E-state index in [9.17, 15) is 39.6 Å². The first kappa shape index (κ1) is 27.1. The fourth-order valence-corrected chi connectivity index (χ4v) is 5.53. The predicted octanol–water partition coefficient (Wildman–Crippen LogP) is 5.54. The molecule has 0 aromatic heterocycles. The van der Waals surface area contributed by atoms with Gasteiger partial charge in [-0.3, -0.25) is 0 Å². The fourth-order valence-electron chi connectivity index (χ4n) is 3.88. The van der Waals surface area contributed by atoms with Gasteiger partial charge in [0, 0.05) is 12.1 Å². The second kappa shape index (κ2) is 9.51. The maximum Gasteiger partial charge on any atom is 0.416 e. The lowest BCUT2D eigenvalue weighted by Crippen LogP contribution is -2.34. The van der Waals surface area contributed by atoms with E-state index < -0.39 is 57.0 Å².